The first-order valence-corrected chi connectivity index (χ1v) is 7.20. The lowest BCUT2D eigenvalue weighted by Gasteiger charge is -1.92. The zero-order valence-electron chi connectivity index (χ0n) is 10.2. The van der Waals surface area contributed by atoms with Gasteiger partial charge in [0.15, 0.2) is 0 Å². The summed E-state index contributed by atoms with van der Waals surface area (Å²) in [5, 5.41) is -0.458. The lowest BCUT2D eigenvalue weighted by molar-refractivity contribution is 0.108. The number of hydrogen-bond acceptors (Lipinski definition) is 4. The highest BCUT2D eigenvalue weighted by molar-refractivity contribution is 7.85. The number of anilines is 1. The van der Waals surface area contributed by atoms with Crippen molar-refractivity contribution in [3.63, 3.8) is 0 Å². The Labute approximate surface area is 121 Å². The second-order valence-electron chi connectivity index (χ2n) is 3.68. The molecule has 20 heavy (non-hydrogen) atoms. The molecule has 0 aliphatic heterocycles. The minimum Gasteiger partial charge on any atom is -0.399 e. The predicted octanol–water partition coefficient (Wildman–Crippen LogP) is 2.58. The summed E-state index contributed by atoms with van der Waals surface area (Å²) in [6.45, 7) is 0. The number of nitrogen functional groups attached to an aromatic ring is 1. The summed E-state index contributed by atoms with van der Waals surface area (Å²) in [6, 6.07) is 13.9. The minimum atomic E-state index is -4.00. The molecule has 7 heteroatoms. The molecule has 2 aromatic rings. The van der Waals surface area contributed by atoms with E-state index < -0.39 is 15.4 Å². The molecule has 0 atom stereocenters. The molecule has 0 saturated carbocycles. The van der Waals surface area contributed by atoms with Crippen LogP contribution in [0.5, 0.6) is 0 Å². The fourth-order valence-electron chi connectivity index (χ4n) is 1.21. The van der Waals surface area contributed by atoms with Crippen LogP contribution in [0.4, 0.5) is 5.69 Å². The molecular formula is C13H12ClNO4S. The van der Waals surface area contributed by atoms with Crippen molar-refractivity contribution >= 4 is 32.6 Å². The Morgan fingerprint density at radius 2 is 1.50 bits per heavy atom. The molecule has 0 amide bonds. The fourth-order valence-corrected chi connectivity index (χ4v) is 1.83. The van der Waals surface area contributed by atoms with Crippen LogP contribution in [-0.2, 0) is 10.1 Å². The summed E-state index contributed by atoms with van der Waals surface area (Å²) in [7, 11) is -4.00. The predicted molar refractivity (Wildman–Crippen MR) is 77.3 cm³/mol. The number of hydrogen-bond donors (Lipinski definition) is 2. The van der Waals surface area contributed by atoms with Gasteiger partial charge in [0, 0.05) is 11.3 Å². The van der Waals surface area contributed by atoms with Gasteiger partial charge in [-0.25, -0.2) is 0 Å². The molecule has 0 heterocycles. The van der Waals surface area contributed by atoms with Crippen molar-refractivity contribution < 1.29 is 17.8 Å². The van der Waals surface area contributed by atoms with E-state index in [4.69, 9.17) is 21.9 Å². The van der Waals surface area contributed by atoms with E-state index in [1.165, 1.54) is 12.1 Å². The standard InChI is InChI=1S/C7H6ClNO.C6H6O3S/c8-7(10)5-1-3-6(9)4-2-5;7-10(8,9)6-4-2-1-3-5-6/h1-4H,9H2;1-5H,(H,7,8,9). The molecule has 0 saturated heterocycles. The molecule has 0 spiro atoms. The van der Waals surface area contributed by atoms with Crippen LogP contribution in [0.15, 0.2) is 59.5 Å². The van der Waals surface area contributed by atoms with E-state index in [1.54, 1.807) is 42.5 Å². The lowest BCUT2D eigenvalue weighted by atomic mass is 10.2. The first-order valence-electron chi connectivity index (χ1n) is 5.38. The topological polar surface area (TPSA) is 97.5 Å². The second kappa shape index (κ2) is 7.04. The monoisotopic (exact) mass is 313 g/mol. The SMILES string of the molecule is Nc1ccc(C(=O)Cl)cc1.O=S(=O)(O)c1ccccc1. The van der Waals surface area contributed by atoms with Crippen molar-refractivity contribution in [1.29, 1.82) is 0 Å². The average molecular weight is 314 g/mol. The fraction of sp³-hybridized carbons (Fsp3) is 0. The van der Waals surface area contributed by atoms with Gasteiger partial charge in [-0.15, -0.1) is 0 Å². The van der Waals surface area contributed by atoms with E-state index in [-0.39, 0.29) is 4.90 Å². The Hall–Kier alpha value is -1.89. The van der Waals surface area contributed by atoms with Gasteiger partial charge in [-0.2, -0.15) is 8.42 Å². The van der Waals surface area contributed by atoms with Gasteiger partial charge in [-0.3, -0.25) is 9.35 Å². The van der Waals surface area contributed by atoms with Crippen molar-refractivity contribution in [1.82, 2.24) is 0 Å². The van der Waals surface area contributed by atoms with E-state index in [1.807, 2.05) is 0 Å². The van der Waals surface area contributed by atoms with Crippen LogP contribution in [0, 0.1) is 0 Å². The Bertz CT molecular complexity index is 669. The van der Waals surface area contributed by atoms with Gasteiger partial charge in [-0.1, -0.05) is 18.2 Å². The molecule has 106 valence electrons. The number of halogens is 1. The van der Waals surface area contributed by atoms with Gasteiger partial charge < -0.3 is 5.73 Å². The summed E-state index contributed by atoms with van der Waals surface area (Å²) < 4.78 is 29.2. The zero-order valence-corrected chi connectivity index (χ0v) is 11.8. The van der Waals surface area contributed by atoms with Crippen molar-refractivity contribution in [2.24, 2.45) is 0 Å². The molecule has 0 radical (unpaired) electrons. The maximum absolute atomic E-state index is 10.5. The number of carbonyl (C=O) groups excluding carboxylic acids is 1. The van der Waals surface area contributed by atoms with E-state index in [2.05, 4.69) is 0 Å². The number of rotatable bonds is 2. The molecular weight excluding hydrogens is 302 g/mol. The largest absolute Gasteiger partial charge is 0.399 e. The Morgan fingerprint density at radius 1 is 1.00 bits per heavy atom. The third kappa shape index (κ3) is 5.40. The maximum Gasteiger partial charge on any atom is 0.294 e. The molecule has 2 aromatic carbocycles. The molecule has 0 fully saturated rings. The normalized spacial score (nSPS) is 10.3. The first kappa shape index (κ1) is 16.2. The second-order valence-corrected chi connectivity index (χ2v) is 5.45. The lowest BCUT2D eigenvalue weighted by Crippen LogP contribution is -1.96. The summed E-state index contributed by atoms with van der Waals surface area (Å²) in [6.07, 6.45) is 0. The van der Waals surface area contributed by atoms with Crippen molar-refractivity contribution in [2.45, 2.75) is 4.90 Å². The molecule has 0 aliphatic carbocycles. The number of nitrogens with two attached hydrogens (primary N) is 1. The summed E-state index contributed by atoms with van der Waals surface area (Å²) in [5.74, 6) is 0. The number of benzene rings is 2. The third-order valence-electron chi connectivity index (χ3n) is 2.18. The van der Waals surface area contributed by atoms with Gasteiger partial charge in [0.25, 0.3) is 15.4 Å². The van der Waals surface area contributed by atoms with Crippen LogP contribution >= 0.6 is 11.6 Å². The Kier molecular flexibility index (Phi) is 5.69. The molecule has 0 bridgehead atoms. The third-order valence-corrected chi connectivity index (χ3v) is 3.26. The summed E-state index contributed by atoms with van der Waals surface area (Å²) in [4.78, 5) is 10.4. The molecule has 0 unspecified atom stereocenters. The summed E-state index contributed by atoms with van der Waals surface area (Å²) >= 11 is 5.18. The van der Waals surface area contributed by atoms with Crippen LogP contribution in [-0.4, -0.2) is 18.2 Å². The van der Waals surface area contributed by atoms with Gasteiger partial charge in [-0.05, 0) is 48.0 Å². The zero-order chi connectivity index (χ0) is 15.2. The maximum atomic E-state index is 10.5. The molecule has 3 N–H and O–H groups in total. The molecule has 5 nitrogen and oxygen atoms in total. The van der Waals surface area contributed by atoms with E-state index in [0.717, 1.165) is 0 Å². The minimum absolute atomic E-state index is 0.0741. The Balaban J connectivity index is 0.000000200. The average Bonchev–Trinajstić information content (AvgIpc) is 2.40. The molecule has 2 rings (SSSR count). The van der Waals surface area contributed by atoms with Crippen LogP contribution in [0.3, 0.4) is 0 Å². The highest BCUT2D eigenvalue weighted by atomic mass is 35.5. The molecule has 0 aromatic heterocycles. The van der Waals surface area contributed by atoms with Crippen molar-refractivity contribution in [2.75, 3.05) is 5.73 Å². The van der Waals surface area contributed by atoms with Crippen LogP contribution in [0.25, 0.3) is 0 Å². The highest BCUT2D eigenvalue weighted by Gasteiger charge is 2.05. The Morgan fingerprint density at radius 3 is 1.85 bits per heavy atom. The molecule has 0 aliphatic rings. The van der Waals surface area contributed by atoms with Gasteiger partial charge in [0.05, 0.1) is 4.90 Å². The number of carbonyl (C=O) groups is 1. The van der Waals surface area contributed by atoms with Crippen LogP contribution in [0.1, 0.15) is 10.4 Å². The van der Waals surface area contributed by atoms with E-state index in [9.17, 15) is 13.2 Å². The van der Waals surface area contributed by atoms with Crippen LogP contribution < -0.4 is 5.73 Å². The van der Waals surface area contributed by atoms with E-state index >= 15 is 0 Å². The van der Waals surface area contributed by atoms with Gasteiger partial charge >= 0.3 is 0 Å². The van der Waals surface area contributed by atoms with Gasteiger partial charge in [0.2, 0.25) is 0 Å². The smallest absolute Gasteiger partial charge is 0.294 e. The van der Waals surface area contributed by atoms with Crippen molar-refractivity contribution in [3.05, 3.63) is 60.2 Å². The van der Waals surface area contributed by atoms with Crippen molar-refractivity contribution in [3.8, 4) is 0 Å². The first-order chi connectivity index (χ1) is 9.30. The highest BCUT2D eigenvalue weighted by Crippen LogP contribution is 2.07. The van der Waals surface area contributed by atoms with Crippen LogP contribution in [0.2, 0.25) is 0 Å². The van der Waals surface area contributed by atoms with Gasteiger partial charge in [0.1, 0.15) is 0 Å². The van der Waals surface area contributed by atoms with E-state index in [0.29, 0.717) is 11.3 Å². The summed E-state index contributed by atoms with van der Waals surface area (Å²) in [5.41, 5.74) is 6.47. The quantitative estimate of drug-likeness (QED) is 0.504.